The van der Waals surface area contributed by atoms with E-state index in [0.717, 1.165) is 70.3 Å². The first-order chi connectivity index (χ1) is 19.3. The second-order valence-corrected chi connectivity index (χ2v) is 9.93. The standard InChI is InChI=1S/C30H41N3O7/c1-22(34)40-21-25-18-24(12-13-27(25)35)28(36)19-31-14-5-3-7-16-39-15-6-2-4-9-23-10-8-11-26(17-23)33-29(37)20-32-30(33)38/h8,10-13,17-18,28,31,35-36H,2-7,9,14-16,19-21H2,1H3,(H,32,38)/t28-/m0/s1. The molecule has 0 spiro atoms. The van der Waals surface area contributed by atoms with Crippen LogP contribution in [-0.2, 0) is 32.1 Å². The molecule has 0 saturated carbocycles. The van der Waals surface area contributed by atoms with Crippen molar-refractivity contribution in [1.82, 2.24) is 10.6 Å². The van der Waals surface area contributed by atoms with Crippen LogP contribution in [0.15, 0.2) is 42.5 Å². The molecule has 4 N–H and O–H groups in total. The maximum absolute atomic E-state index is 11.9. The van der Waals surface area contributed by atoms with E-state index < -0.39 is 12.1 Å². The largest absolute Gasteiger partial charge is 0.508 e. The Bertz CT molecular complexity index is 1110. The Morgan fingerprint density at radius 2 is 1.82 bits per heavy atom. The van der Waals surface area contributed by atoms with E-state index >= 15 is 0 Å². The Morgan fingerprint density at radius 3 is 2.55 bits per heavy atom. The first-order valence-electron chi connectivity index (χ1n) is 14.0. The number of aryl methyl sites for hydroxylation is 1. The zero-order chi connectivity index (χ0) is 28.7. The number of anilines is 1. The van der Waals surface area contributed by atoms with Crippen molar-refractivity contribution in [2.45, 2.75) is 64.6 Å². The van der Waals surface area contributed by atoms with Gasteiger partial charge in [-0.2, -0.15) is 0 Å². The summed E-state index contributed by atoms with van der Waals surface area (Å²) in [5.74, 6) is -0.625. The summed E-state index contributed by atoms with van der Waals surface area (Å²) in [6, 6.07) is 12.0. The number of aliphatic hydroxyl groups is 1. The topological polar surface area (TPSA) is 137 Å². The molecule has 0 bridgehead atoms. The lowest BCUT2D eigenvalue weighted by molar-refractivity contribution is -0.142. The first kappa shape index (κ1) is 31.1. The summed E-state index contributed by atoms with van der Waals surface area (Å²) < 4.78 is 10.7. The van der Waals surface area contributed by atoms with Gasteiger partial charge in [-0.3, -0.25) is 9.59 Å². The number of esters is 1. The first-order valence-corrected chi connectivity index (χ1v) is 14.0. The molecule has 3 amide bonds. The molecular formula is C30H41N3O7. The third-order valence-electron chi connectivity index (χ3n) is 6.67. The van der Waals surface area contributed by atoms with Crippen molar-refractivity contribution in [2.24, 2.45) is 0 Å². The monoisotopic (exact) mass is 555 g/mol. The van der Waals surface area contributed by atoms with Crippen LogP contribution in [0.3, 0.4) is 0 Å². The molecule has 1 heterocycles. The Kier molecular flexibility index (Phi) is 12.9. The number of phenolic OH excluding ortho intramolecular Hbond substituents is 1. The lowest BCUT2D eigenvalue weighted by Crippen LogP contribution is -2.30. The number of unbranched alkanes of at least 4 members (excludes halogenated alkanes) is 4. The molecule has 1 aliphatic heterocycles. The van der Waals surface area contributed by atoms with Crippen molar-refractivity contribution in [2.75, 3.05) is 37.7 Å². The number of rotatable bonds is 18. The average Bonchev–Trinajstić information content (AvgIpc) is 3.28. The van der Waals surface area contributed by atoms with Crippen LogP contribution in [0.5, 0.6) is 5.75 Å². The van der Waals surface area contributed by atoms with Crippen LogP contribution in [0.1, 0.15) is 68.2 Å². The van der Waals surface area contributed by atoms with Crippen LogP contribution in [0.2, 0.25) is 0 Å². The molecule has 1 fully saturated rings. The number of hydrogen-bond acceptors (Lipinski definition) is 8. The van der Waals surface area contributed by atoms with Gasteiger partial charge < -0.3 is 30.3 Å². The second-order valence-electron chi connectivity index (χ2n) is 9.93. The van der Waals surface area contributed by atoms with Gasteiger partial charge in [0.25, 0.3) is 5.91 Å². The van der Waals surface area contributed by atoms with E-state index in [1.54, 1.807) is 18.2 Å². The van der Waals surface area contributed by atoms with Crippen LogP contribution >= 0.6 is 0 Å². The van der Waals surface area contributed by atoms with E-state index in [2.05, 4.69) is 10.6 Å². The van der Waals surface area contributed by atoms with Crippen LogP contribution < -0.4 is 15.5 Å². The molecule has 1 atom stereocenters. The summed E-state index contributed by atoms with van der Waals surface area (Å²) >= 11 is 0. The SMILES string of the molecule is CC(=O)OCc1cc([C@@H](O)CNCCCCCOCCCCCc2cccc(N3C(=O)CNC3=O)c2)ccc1O. The molecule has 1 aliphatic rings. The normalized spacial score (nSPS) is 13.9. The molecule has 0 aliphatic carbocycles. The van der Waals surface area contributed by atoms with E-state index in [0.29, 0.717) is 23.4 Å². The van der Waals surface area contributed by atoms with Gasteiger partial charge in [-0.05, 0) is 80.5 Å². The minimum Gasteiger partial charge on any atom is -0.508 e. The highest BCUT2D eigenvalue weighted by Crippen LogP contribution is 2.23. The number of amides is 3. The summed E-state index contributed by atoms with van der Waals surface area (Å²) in [4.78, 5) is 35.9. The van der Waals surface area contributed by atoms with E-state index in [4.69, 9.17) is 9.47 Å². The fourth-order valence-electron chi connectivity index (χ4n) is 4.44. The van der Waals surface area contributed by atoms with Crippen LogP contribution in [0, 0.1) is 0 Å². The number of ether oxygens (including phenoxy) is 2. The van der Waals surface area contributed by atoms with Gasteiger partial charge in [-0.15, -0.1) is 0 Å². The molecule has 0 radical (unpaired) electrons. The highest BCUT2D eigenvalue weighted by molar-refractivity contribution is 6.19. The van der Waals surface area contributed by atoms with Gasteiger partial charge in [0.2, 0.25) is 0 Å². The number of aromatic hydroxyl groups is 1. The van der Waals surface area contributed by atoms with Gasteiger partial charge in [-0.25, -0.2) is 9.69 Å². The van der Waals surface area contributed by atoms with E-state index in [1.165, 1.54) is 17.9 Å². The minimum atomic E-state index is -0.722. The number of phenols is 1. The number of carbonyl (C=O) groups is 3. The Labute approximate surface area is 235 Å². The molecule has 2 aromatic rings. The predicted molar refractivity (Wildman–Crippen MR) is 151 cm³/mol. The smallest absolute Gasteiger partial charge is 0.329 e. The molecule has 2 aromatic carbocycles. The minimum absolute atomic E-state index is 0.0308. The number of aliphatic hydroxyl groups excluding tert-OH is 1. The molecule has 40 heavy (non-hydrogen) atoms. The number of imide groups is 1. The maximum Gasteiger partial charge on any atom is 0.329 e. The number of nitrogens with one attached hydrogen (secondary N) is 2. The highest BCUT2D eigenvalue weighted by Gasteiger charge is 2.29. The van der Waals surface area contributed by atoms with Gasteiger partial charge in [0, 0.05) is 32.2 Å². The van der Waals surface area contributed by atoms with Crippen LogP contribution in [0.25, 0.3) is 0 Å². The fraction of sp³-hybridized carbons (Fsp3) is 0.500. The quantitative estimate of drug-likeness (QED) is 0.124. The van der Waals surface area contributed by atoms with Crippen molar-refractivity contribution in [3.63, 3.8) is 0 Å². The van der Waals surface area contributed by atoms with Crippen molar-refractivity contribution in [3.8, 4) is 5.75 Å². The highest BCUT2D eigenvalue weighted by atomic mass is 16.5. The summed E-state index contributed by atoms with van der Waals surface area (Å²) in [7, 11) is 0. The molecule has 218 valence electrons. The number of carbonyl (C=O) groups excluding carboxylic acids is 3. The van der Waals surface area contributed by atoms with Crippen molar-refractivity contribution < 1.29 is 34.1 Å². The number of hydrogen-bond donors (Lipinski definition) is 4. The summed E-state index contributed by atoms with van der Waals surface area (Å²) in [6.07, 6.45) is 6.22. The van der Waals surface area contributed by atoms with Gasteiger partial charge >= 0.3 is 12.0 Å². The van der Waals surface area contributed by atoms with Crippen molar-refractivity contribution in [3.05, 3.63) is 59.2 Å². The molecule has 3 rings (SSSR count). The molecular weight excluding hydrogens is 514 g/mol. The Morgan fingerprint density at radius 1 is 1.05 bits per heavy atom. The van der Waals surface area contributed by atoms with E-state index in [1.807, 2.05) is 18.2 Å². The van der Waals surface area contributed by atoms with Gasteiger partial charge in [0.15, 0.2) is 0 Å². The van der Waals surface area contributed by atoms with E-state index in [9.17, 15) is 24.6 Å². The molecule has 0 aromatic heterocycles. The van der Waals surface area contributed by atoms with Crippen molar-refractivity contribution >= 4 is 23.6 Å². The number of urea groups is 1. The average molecular weight is 556 g/mol. The third kappa shape index (κ3) is 10.3. The zero-order valence-corrected chi connectivity index (χ0v) is 23.2. The number of nitrogens with zero attached hydrogens (tertiary/aromatic N) is 1. The fourth-order valence-corrected chi connectivity index (χ4v) is 4.44. The molecule has 0 unspecified atom stereocenters. The van der Waals surface area contributed by atoms with Gasteiger partial charge in [-0.1, -0.05) is 24.6 Å². The molecule has 1 saturated heterocycles. The lowest BCUT2D eigenvalue weighted by Gasteiger charge is -2.14. The Balaban J connectivity index is 1.17. The summed E-state index contributed by atoms with van der Waals surface area (Å²) in [5.41, 5.74) is 2.85. The second kappa shape index (κ2) is 16.6. The van der Waals surface area contributed by atoms with Crippen LogP contribution in [0.4, 0.5) is 10.5 Å². The van der Waals surface area contributed by atoms with Crippen LogP contribution in [-0.4, -0.2) is 61.0 Å². The summed E-state index contributed by atoms with van der Waals surface area (Å²) in [6.45, 7) is 3.97. The third-order valence-corrected chi connectivity index (χ3v) is 6.67. The predicted octanol–water partition coefficient (Wildman–Crippen LogP) is 3.73. The lowest BCUT2D eigenvalue weighted by atomic mass is 10.1. The van der Waals surface area contributed by atoms with Gasteiger partial charge in [0.05, 0.1) is 18.3 Å². The van der Waals surface area contributed by atoms with E-state index in [-0.39, 0.29) is 30.8 Å². The van der Waals surface area contributed by atoms with Gasteiger partial charge in [0.1, 0.15) is 12.4 Å². The zero-order valence-electron chi connectivity index (χ0n) is 23.2. The summed E-state index contributed by atoms with van der Waals surface area (Å²) in [5, 5.41) is 26.1. The molecule has 10 nitrogen and oxygen atoms in total. The maximum atomic E-state index is 11.9. The number of benzene rings is 2. The van der Waals surface area contributed by atoms with Crippen molar-refractivity contribution in [1.29, 1.82) is 0 Å². The molecule has 10 heteroatoms. The Hall–Kier alpha value is -3.47.